The number of amides is 1. The number of aromatic nitrogens is 2. The number of anilines is 2. The number of hydrazine groups is 1. The van der Waals surface area contributed by atoms with Gasteiger partial charge in [0.1, 0.15) is 18.0 Å². The number of carbonyl (C=O) groups is 1. The van der Waals surface area contributed by atoms with Crippen molar-refractivity contribution in [1.82, 2.24) is 14.9 Å². The van der Waals surface area contributed by atoms with Gasteiger partial charge in [-0.2, -0.15) is 0 Å². The number of nitrogens with zero attached hydrogens (tertiary/aromatic N) is 3. The van der Waals surface area contributed by atoms with E-state index in [1.54, 1.807) is 0 Å². The van der Waals surface area contributed by atoms with E-state index in [0.717, 1.165) is 44.3 Å². The molecular weight excluding hydrogens is 256 g/mol. The smallest absolute Gasteiger partial charge is 0.241 e. The van der Waals surface area contributed by atoms with Crippen LogP contribution in [-0.4, -0.2) is 40.4 Å². The van der Waals surface area contributed by atoms with E-state index in [-0.39, 0.29) is 12.5 Å². The van der Waals surface area contributed by atoms with Gasteiger partial charge in [0, 0.05) is 18.7 Å². The molecule has 0 radical (unpaired) electrons. The molecule has 110 valence electrons. The molecule has 1 amide bonds. The van der Waals surface area contributed by atoms with Crippen molar-refractivity contribution in [2.24, 2.45) is 5.84 Å². The summed E-state index contributed by atoms with van der Waals surface area (Å²) >= 11 is 0. The minimum Gasteiger partial charge on any atom is -0.361 e. The zero-order chi connectivity index (χ0) is 14.4. The Hall–Kier alpha value is -1.89. The molecule has 0 saturated carbocycles. The summed E-state index contributed by atoms with van der Waals surface area (Å²) in [6.45, 7) is 4.06. The average Bonchev–Trinajstić information content (AvgIpc) is 3.00. The SMILES string of the molecule is CCCc1c(NN)ncnc1NCC(=O)N1CCCC1. The Labute approximate surface area is 118 Å². The Morgan fingerprint density at radius 1 is 1.35 bits per heavy atom. The molecule has 7 heteroatoms. The van der Waals surface area contributed by atoms with Crippen molar-refractivity contribution < 1.29 is 4.79 Å². The summed E-state index contributed by atoms with van der Waals surface area (Å²) in [4.78, 5) is 22.2. The van der Waals surface area contributed by atoms with Crippen LogP contribution in [0.2, 0.25) is 0 Å². The molecule has 0 unspecified atom stereocenters. The standard InChI is InChI=1S/C13H22N6O/c1-2-5-10-12(16-9-17-13(10)18-14)15-8-11(20)19-6-3-4-7-19/h9H,2-8,14H2,1H3,(H2,15,16,17,18). The Morgan fingerprint density at radius 2 is 2.05 bits per heavy atom. The lowest BCUT2D eigenvalue weighted by molar-refractivity contribution is -0.128. The maximum atomic E-state index is 12.0. The zero-order valence-corrected chi connectivity index (χ0v) is 11.9. The summed E-state index contributed by atoms with van der Waals surface area (Å²) in [7, 11) is 0. The first-order valence-electron chi connectivity index (χ1n) is 7.08. The van der Waals surface area contributed by atoms with Gasteiger partial charge in [0.2, 0.25) is 5.91 Å². The van der Waals surface area contributed by atoms with E-state index in [0.29, 0.717) is 11.6 Å². The van der Waals surface area contributed by atoms with Crippen molar-refractivity contribution in [2.45, 2.75) is 32.6 Å². The molecule has 1 fully saturated rings. The molecule has 2 rings (SSSR count). The van der Waals surface area contributed by atoms with Crippen LogP contribution in [0.3, 0.4) is 0 Å². The normalized spacial score (nSPS) is 14.4. The summed E-state index contributed by atoms with van der Waals surface area (Å²) < 4.78 is 0. The van der Waals surface area contributed by atoms with E-state index in [9.17, 15) is 4.79 Å². The van der Waals surface area contributed by atoms with Gasteiger partial charge in [0.25, 0.3) is 0 Å². The number of rotatable bonds is 6. The number of carbonyl (C=O) groups excluding carboxylic acids is 1. The number of nitrogens with one attached hydrogen (secondary N) is 2. The highest BCUT2D eigenvalue weighted by Crippen LogP contribution is 2.20. The molecule has 0 bridgehead atoms. The lowest BCUT2D eigenvalue weighted by atomic mass is 10.1. The molecule has 0 atom stereocenters. The van der Waals surface area contributed by atoms with E-state index in [1.165, 1.54) is 6.33 Å². The van der Waals surface area contributed by atoms with Crippen LogP contribution >= 0.6 is 0 Å². The largest absolute Gasteiger partial charge is 0.361 e. The van der Waals surface area contributed by atoms with Crippen molar-refractivity contribution in [2.75, 3.05) is 30.4 Å². The van der Waals surface area contributed by atoms with E-state index in [2.05, 4.69) is 27.6 Å². The van der Waals surface area contributed by atoms with Gasteiger partial charge in [0.15, 0.2) is 0 Å². The molecule has 1 aliphatic heterocycles. The highest BCUT2D eigenvalue weighted by molar-refractivity contribution is 5.81. The van der Waals surface area contributed by atoms with Gasteiger partial charge in [-0.15, -0.1) is 0 Å². The Balaban J connectivity index is 2.02. The van der Waals surface area contributed by atoms with Gasteiger partial charge in [-0.3, -0.25) is 4.79 Å². The predicted molar refractivity (Wildman–Crippen MR) is 78.1 cm³/mol. The molecule has 1 aromatic rings. The van der Waals surface area contributed by atoms with E-state index < -0.39 is 0 Å². The fourth-order valence-electron chi connectivity index (χ4n) is 2.41. The van der Waals surface area contributed by atoms with Crippen molar-refractivity contribution in [1.29, 1.82) is 0 Å². The van der Waals surface area contributed by atoms with Crippen molar-refractivity contribution >= 4 is 17.5 Å². The molecule has 1 saturated heterocycles. The van der Waals surface area contributed by atoms with Crippen molar-refractivity contribution in [3.05, 3.63) is 11.9 Å². The Bertz CT molecular complexity index is 458. The third kappa shape index (κ3) is 3.36. The monoisotopic (exact) mass is 278 g/mol. The number of nitrogens with two attached hydrogens (primary N) is 1. The summed E-state index contributed by atoms with van der Waals surface area (Å²) in [5, 5.41) is 3.11. The molecule has 1 aliphatic rings. The zero-order valence-electron chi connectivity index (χ0n) is 11.9. The van der Waals surface area contributed by atoms with Gasteiger partial charge in [0.05, 0.1) is 6.54 Å². The van der Waals surface area contributed by atoms with Gasteiger partial charge in [-0.1, -0.05) is 13.3 Å². The van der Waals surface area contributed by atoms with Crippen LogP contribution in [0.4, 0.5) is 11.6 Å². The van der Waals surface area contributed by atoms with Gasteiger partial charge < -0.3 is 15.6 Å². The van der Waals surface area contributed by atoms with Crippen LogP contribution < -0.4 is 16.6 Å². The van der Waals surface area contributed by atoms with Crippen LogP contribution in [0.5, 0.6) is 0 Å². The number of likely N-dealkylation sites (tertiary alicyclic amines) is 1. The molecule has 20 heavy (non-hydrogen) atoms. The predicted octanol–water partition coefficient (Wildman–Crippen LogP) is 0.749. The van der Waals surface area contributed by atoms with E-state index in [1.807, 2.05) is 4.90 Å². The minimum absolute atomic E-state index is 0.116. The fourth-order valence-corrected chi connectivity index (χ4v) is 2.41. The highest BCUT2D eigenvalue weighted by Gasteiger charge is 2.18. The molecule has 0 aliphatic carbocycles. The second-order valence-corrected chi connectivity index (χ2v) is 4.89. The van der Waals surface area contributed by atoms with Gasteiger partial charge in [-0.05, 0) is 19.3 Å². The maximum Gasteiger partial charge on any atom is 0.241 e. The average molecular weight is 278 g/mol. The Kier molecular flexibility index (Phi) is 5.11. The molecule has 2 heterocycles. The van der Waals surface area contributed by atoms with Crippen LogP contribution in [0.1, 0.15) is 31.7 Å². The van der Waals surface area contributed by atoms with E-state index in [4.69, 9.17) is 5.84 Å². The summed E-state index contributed by atoms with van der Waals surface area (Å²) in [6, 6.07) is 0. The molecule has 7 nitrogen and oxygen atoms in total. The fraction of sp³-hybridized carbons (Fsp3) is 0.615. The van der Waals surface area contributed by atoms with Gasteiger partial charge >= 0.3 is 0 Å². The Morgan fingerprint density at radius 3 is 2.70 bits per heavy atom. The van der Waals surface area contributed by atoms with Crippen LogP contribution in [0, 0.1) is 0 Å². The summed E-state index contributed by atoms with van der Waals surface area (Å²) in [6.07, 6.45) is 5.40. The molecule has 4 N–H and O–H groups in total. The van der Waals surface area contributed by atoms with E-state index >= 15 is 0 Å². The number of hydrogen-bond donors (Lipinski definition) is 3. The number of nitrogen functional groups attached to an aromatic ring is 1. The second kappa shape index (κ2) is 7.04. The maximum absolute atomic E-state index is 12.0. The lowest BCUT2D eigenvalue weighted by Crippen LogP contribution is -2.33. The third-order valence-electron chi connectivity index (χ3n) is 3.45. The molecular formula is C13H22N6O. The molecule has 1 aromatic heterocycles. The van der Waals surface area contributed by atoms with Crippen LogP contribution in [0.25, 0.3) is 0 Å². The first-order valence-corrected chi connectivity index (χ1v) is 7.08. The highest BCUT2D eigenvalue weighted by atomic mass is 16.2. The van der Waals surface area contributed by atoms with Crippen molar-refractivity contribution in [3.63, 3.8) is 0 Å². The summed E-state index contributed by atoms with van der Waals surface area (Å²) in [5.74, 6) is 6.87. The topological polar surface area (TPSA) is 96.2 Å². The quantitative estimate of drug-likeness (QED) is 0.525. The first-order chi connectivity index (χ1) is 9.76. The second-order valence-electron chi connectivity index (χ2n) is 4.89. The van der Waals surface area contributed by atoms with Crippen LogP contribution in [0.15, 0.2) is 6.33 Å². The van der Waals surface area contributed by atoms with Gasteiger partial charge in [-0.25, -0.2) is 15.8 Å². The number of hydrogen-bond acceptors (Lipinski definition) is 6. The van der Waals surface area contributed by atoms with Crippen LogP contribution in [-0.2, 0) is 11.2 Å². The first kappa shape index (κ1) is 14.5. The minimum atomic E-state index is 0.116. The lowest BCUT2D eigenvalue weighted by Gasteiger charge is -2.17. The molecule has 0 spiro atoms. The van der Waals surface area contributed by atoms with Crippen molar-refractivity contribution in [3.8, 4) is 0 Å². The summed E-state index contributed by atoms with van der Waals surface area (Å²) in [5.41, 5.74) is 3.50. The third-order valence-corrected chi connectivity index (χ3v) is 3.45. The molecule has 0 aromatic carbocycles.